The van der Waals surface area contributed by atoms with E-state index in [0.717, 1.165) is 19.3 Å². The fraction of sp³-hybridized carbons (Fsp3) is 0.562. The number of hydrogen-bond donors (Lipinski definition) is 2. The molecule has 1 aromatic rings. The number of ether oxygens (including phenoxy) is 1. The summed E-state index contributed by atoms with van der Waals surface area (Å²) in [6.45, 7) is 4.33. The summed E-state index contributed by atoms with van der Waals surface area (Å²) in [6.07, 6.45) is 4.99. The molecule has 0 unspecified atom stereocenters. The number of rotatable bonds is 10. The summed E-state index contributed by atoms with van der Waals surface area (Å²) in [6, 6.07) is 3.46. The van der Waals surface area contributed by atoms with Gasteiger partial charge >= 0.3 is 5.97 Å². The standard InChI is InChI=1S/C16H24N2O4/c1-12(2)22-13-8-7-11-17-15(13)16(21)18-10-6-4-3-5-9-14(19)20/h7-8,11-12H,3-6,9-10H2,1-2H3,(H,18,21)(H,19,20). The molecule has 0 aliphatic carbocycles. The van der Waals surface area contributed by atoms with E-state index in [4.69, 9.17) is 9.84 Å². The summed E-state index contributed by atoms with van der Waals surface area (Å²) in [7, 11) is 0. The third-order valence-electron chi connectivity index (χ3n) is 2.95. The molecule has 0 atom stereocenters. The zero-order chi connectivity index (χ0) is 16.4. The Balaban J connectivity index is 2.32. The lowest BCUT2D eigenvalue weighted by molar-refractivity contribution is -0.137. The third kappa shape index (κ3) is 7.06. The minimum absolute atomic E-state index is 0.0232. The molecule has 6 nitrogen and oxygen atoms in total. The van der Waals surface area contributed by atoms with Crippen molar-refractivity contribution in [1.82, 2.24) is 10.3 Å². The molecule has 0 spiro atoms. The zero-order valence-electron chi connectivity index (χ0n) is 13.2. The van der Waals surface area contributed by atoms with Gasteiger partial charge in [0.2, 0.25) is 0 Å². The van der Waals surface area contributed by atoms with Crippen LogP contribution in [0.25, 0.3) is 0 Å². The summed E-state index contributed by atoms with van der Waals surface area (Å²) in [5.74, 6) is -0.528. The van der Waals surface area contributed by atoms with Gasteiger partial charge in [0, 0.05) is 19.2 Å². The number of aliphatic carboxylic acids is 1. The van der Waals surface area contributed by atoms with E-state index in [-0.39, 0.29) is 18.4 Å². The number of carbonyl (C=O) groups excluding carboxylic acids is 1. The molecule has 6 heteroatoms. The molecule has 2 N–H and O–H groups in total. The van der Waals surface area contributed by atoms with E-state index in [0.29, 0.717) is 24.4 Å². The number of pyridine rings is 1. The second-order valence-electron chi connectivity index (χ2n) is 5.33. The van der Waals surface area contributed by atoms with Gasteiger partial charge in [0.1, 0.15) is 0 Å². The van der Waals surface area contributed by atoms with Crippen molar-refractivity contribution in [3.8, 4) is 5.75 Å². The van der Waals surface area contributed by atoms with Crippen LogP contribution >= 0.6 is 0 Å². The van der Waals surface area contributed by atoms with Gasteiger partial charge in [-0.1, -0.05) is 12.8 Å². The van der Waals surface area contributed by atoms with Gasteiger partial charge in [0.05, 0.1) is 6.10 Å². The van der Waals surface area contributed by atoms with Gasteiger partial charge in [-0.2, -0.15) is 0 Å². The molecule has 1 heterocycles. The van der Waals surface area contributed by atoms with E-state index in [1.54, 1.807) is 18.3 Å². The van der Waals surface area contributed by atoms with Crippen molar-refractivity contribution in [3.05, 3.63) is 24.0 Å². The average Bonchev–Trinajstić information content (AvgIpc) is 2.45. The maximum absolute atomic E-state index is 12.1. The van der Waals surface area contributed by atoms with Gasteiger partial charge in [-0.05, 0) is 38.8 Å². The van der Waals surface area contributed by atoms with Crippen molar-refractivity contribution in [3.63, 3.8) is 0 Å². The largest absolute Gasteiger partial charge is 0.489 e. The number of carboxylic acids is 1. The van der Waals surface area contributed by atoms with Crippen molar-refractivity contribution in [2.24, 2.45) is 0 Å². The SMILES string of the molecule is CC(C)Oc1cccnc1C(=O)NCCCCCCC(=O)O. The molecule has 1 aromatic heterocycles. The van der Waals surface area contributed by atoms with E-state index in [1.165, 1.54) is 0 Å². The highest BCUT2D eigenvalue weighted by atomic mass is 16.5. The molecule has 0 aromatic carbocycles. The number of hydrogen-bond acceptors (Lipinski definition) is 4. The molecule has 0 radical (unpaired) electrons. The summed E-state index contributed by atoms with van der Waals surface area (Å²) in [5, 5.41) is 11.3. The number of aromatic nitrogens is 1. The van der Waals surface area contributed by atoms with Crippen LogP contribution in [0.15, 0.2) is 18.3 Å². The molecule has 0 saturated heterocycles. The van der Waals surface area contributed by atoms with E-state index < -0.39 is 5.97 Å². The molecule has 22 heavy (non-hydrogen) atoms. The molecule has 1 amide bonds. The van der Waals surface area contributed by atoms with Crippen LogP contribution in [0.5, 0.6) is 5.75 Å². The minimum Gasteiger partial charge on any atom is -0.489 e. The number of nitrogens with zero attached hydrogens (tertiary/aromatic N) is 1. The number of nitrogens with one attached hydrogen (secondary N) is 1. The fourth-order valence-corrected chi connectivity index (χ4v) is 1.95. The van der Waals surface area contributed by atoms with Crippen molar-refractivity contribution in [2.45, 2.75) is 52.1 Å². The van der Waals surface area contributed by atoms with Crippen molar-refractivity contribution in [1.29, 1.82) is 0 Å². The highest BCUT2D eigenvalue weighted by molar-refractivity contribution is 5.94. The fourth-order valence-electron chi connectivity index (χ4n) is 1.95. The maximum atomic E-state index is 12.1. The van der Waals surface area contributed by atoms with Crippen LogP contribution in [0.1, 0.15) is 56.4 Å². The first-order chi connectivity index (χ1) is 10.5. The predicted octanol–water partition coefficient (Wildman–Crippen LogP) is 2.63. The van der Waals surface area contributed by atoms with Gasteiger partial charge in [0.15, 0.2) is 11.4 Å². The van der Waals surface area contributed by atoms with E-state index in [2.05, 4.69) is 10.3 Å². The zero-order valence-corrected chi connectivity index (χ0v) is 13.2. The first-order valence-corrected chi connectivity index (χ1v) is 7.62. The Morgan fingerprint density at radius 3 is 2.68 bits per heavy atom. The lowest BCUT2D eigenvalue weighted by Gasteiger charge is -2.13. The number of amides is 1. The Hall–Kier alpha value is -2.11. The van der Waals surface area contributed by atoms with Crippen LogP contribution in [-0.2, 0) is 4.79 Å². The van der Waals surface area contributed by atoms with Crippen molar-refractivity contribution < 1.29 is 19.4 Å². The maximum Gasteiger partial charge on any atom is 0.303 e. The Labute approximate surface area is 130 Å². The smallest absolute Gasteiger partial charge is 0.303 e. The highest BCUT2D eigenvalue weighted by Gasteiger charge is 2.14. The third-order valence-corrected chi connectivity index (χ3v) is 2.95. The summed E-state index contributed by atoms with van der Waals surface area (Å²) < 4.78 is 5.57. The Morgan fingerprint density at radius 2 is 2.00 bits per heavy atom. The first kappa shape index (κ1) is 17.9. The van der Waals surface area contributed by atoms with E-state index in [9.17, 15) is 9.59 Å². The number of carbonyl (C=O) groups is 2. The van der Waals surface area contributed by atoms with Gasteiger partial charge in [-0.3, -0.25) is 9.59 Å². The highest BCUT2D eigenvalue weighted by Crippen LogP contribution is 2.16. The second-order valence-corrected chi connectivity index (χ2v) is 5.33. The van der Waals surface area contributed by atoms with Crippen molar-refractivity contribution in [2.75, 3.05) is 6.54 Å². The van der Waals surface area contributed by atoms with Gasteiger partial charge in [-0.15, -0.1) is 0 Å². The second kappa shape index (κ2) is 9.76. The molecule has 122 valence electrons. The molecule has 0 aliphatic heterocycles. The van der Waals surface area contributed by atoms with Crippen molar-refractivity contribution >= 4 is 11.9 Å². The predicted molar refractivity (Wildman–Crippen MR) is 83.1 cm³/mol. The van der Waals surface area contributed by atoms with E-state index >= 15 is 0 Å². The Bertz CT molecular complexity index is 489. The lowest BCUT2D eigenvalue weighted by Crippen LogP contribution is -2.26. The van der Waals surface area contributed by atoms with Gasteiger partial charge < -0.3 is 15.2 Å². The van der Waals surface area contributed by atoms with Gasteiger partial charge in [0.25, 0.3) is 5.91 Å². The molecule has 1 rings (SSSR count). The summed E-state index contributed by atoms with van der Waals surface area (Å²) in [5.41, 5.74) is 0.294. The monoisotopic (exact) mass is 308 g/mol. The summed E-state index contributed by atoms with van der Waals surface area (Å²) >= 11 is 0. The van der Waals surface area contributed by atoms with Gasteiger partial charge in [-0.25, -0.2) is 4.98 Å². The van der Waals surface area contributed by atoms with Crippen LogP contribution in [0.2, 0.25) is 0 Å². The first-order valence-electron chi connectivity index (χ1n) is 7.62. The average molecular weight is 308 g/mol. The van der Waals surface area contributed by atoms with Crippen LogP contribution in [0, 0.1) is 0 Å². The molecule has 0 fully saturated rings. The topological polar surface area (TPSA) is 88.5 Å². The lowest BCUT2D eigenvalue weighted by atomic mass is 10.1. The molecular weight excluding hydrogens is 284 g/mol. The van der Waals surface area contributed by atoms with Crippen LogP contribution < -0.4 is 10.1 Å². The van der Waals surface area contributed by atoms with Crippen LogP contribution in [0.3, 0.4) is 0 Å². The Morgan fingerprint density at radius 1 is 1.27 bits per heavy atom. The summed E-state index contributed by atoms with van der Waals surface area (Å²) in [4.78, 5) is 26.5. The molecule has 0 saturated carbocycles. The molecule has 0 bridgehead atoms. The number of carboxylic acid groups (broad SMARTS) is 1. The normalized spacial score (nSPS) is 10.5. The number of unbranched alkanes of at least 4 members (excludes halogenated alkanes) is 3. The molecule has 0 aliphatic rings. The van der Waals surface area contributed by atoms with E-state index in [1.807, 2.05) is 13.8 Å². The van der Waals surface area contributed by atoms with Crippen LogP contribution in [-0.4, -0.2) is 34.6 Å². The molecular formula is C16H24N2O4. The quantitative estimate of drug-likeness (QED) is 0.649. The minimum atomic E-state index is -0.763. The Kier molecular flexibility index (Phi) is 7.96. The van der Waals surface area contributed by atoms with Crippen LogP contribution in [0.4, 0.5) is 0 Å².